The first-order chi connectivity index (χ1) is 18.9. The second-order valence-electron chi connectivity index (χ2n) is 10.7. The average molecular weight is 542 g/mol. The van der Waals surface area contributed by atoms with Crippen molar-refractivity contribution in [1.29, 1.82) is 0 Å². The Bertz CT molecular complexity index is 1530. The molecule has 0 bridgehead atoms. The highest BCUT2D eigenvalue weighted by Crippen LogP contribution is 2.34. The zero-order valence-corrected chi connectivity index (χ0v) is 23.6. The lowest BCUT2D eigenvalue weighted by Crippen LogP contribution is -2.41. The number of aryl methyl sites for hydroxylation is 1. The van der Waals surface area contributed by atoms with Gasteiger partial charge in [0.25, 0.3) is 5.56 Å². The highest BCUT2D eigenvalue weighted by molar-refractivity contribution is 6.35. The summed E-state index contributed by atoms with van der Waals surface area (Å²) in [5.41, 5.74) is 9.66. The number of aliphatic imine (C=N–C) groups is 1. The Balaban J connectivity index is 1.69. The van der Waals surface area contributed by atoms with Crippen LogP contribution in [0.1, 0.15) is 55.2 Å². The van der Waals surface area contributed by atoms with Crippen molar-refractivity contribution in [3.63, 3.8) is 0 Å². The van der Waals surface area contributed by atoms with E-state index in [-0.39, 0.29) is 23.6 Å². The van der Waals surface area contributed by atoms with Crippen molar-refractivity contribution in [2.75, 3.05) is 13.1 Å². The highest BCUT2D eigenvalue weighted by Gasteiger charge is 2.36. The van der Waals surface area contributed by atoms with Crippen molar-refractivity contribution < 1.29 is 0 Å². The minimum Gasteiger partial charge on any atom is -0.344 e. The van der Waals surface area contributed by atoms with Gasteiger partial charge >= 0.3 is 0 Å². The van der Waals surface area contributed by atoms with Crippen LogP contribution >= 0.6 is 11.6 Å². The fourth-order valence-electron chi connectivity index (χ4n) is 5.48. The van der Waals surface area contributed by atoms with Gasteiger partial charge in [-0.05, 0) is 49.9 Å². The minimum absolute atomic E-state index is 0.122. The summed E-state index contributed by atoms with van der Waals surface area (Å²) in [5.74, 6) is 1.83. The standard InChI is InChI=1S/C32H36ClN5O/c1-21(2)29(37-20-25(11-8-18-34)35-30(37)24-16-14-22(3)15-17-24)31-36-27-13-7-12-26(33)28(27)32(39)38(31)19-23-9-5-4-6-10-23/h4-7,9-10,12-17,21,25,29H,8,11,18-20,34H2,1-3H3/t25?,29-/m1/s1. The minimum atomic E-state index is -0.173. The normalized spacial score (nSPS) is 16.2. The van der Waals surface area contributed by atoms with E-state index in [1.165, 1.54) is 5.56 Å². The number of rotatable bonds is 9. The summed E-state index contributed by atoms with van der Waals surface area (Å²) in [6.45, 7) is 8.26. The van der Waals surface area contributed by atoms with Gasteiger partial charge in [0.2, 0.25) is 0 Å². The molecule has 1 aliphatic rings. The van der Waals surface area contributed by atoms with Gasteiger partial charge < -0.3 is 10.6 Å². The molecule has 2 atom stereocenters. The molecule has 0 fully saturated rings. The Kier molecular flexibility index (Phi) is 8.15. The SMILES string of the molecule is Cc1ccc(C2=NC(CCCN)CN2[C@@H](c2nc3cccc(Cl)c3c(=O)n2Cc2ccccc2)C(C)C)cc1. The third kappa shape index (κ3) is 5.63. The summed E-state index contributed by atoms with van der Waals surface area (Å²) in [4.78, 5) is 26.8. The molecule has 0 saturated carbocycles. The summed E-state index contributed by atoms with van der Waals surface area (Å²) in [6, 6.07) is 24.0. The van der Waals surface area contributed by atoms with Gasteiger partial charge in [0.15, 0.2) is 0 Å². The van der Waals surface area contributed by atoms with Crippen LogP contribution in [-0.4, -0.2) is 39.4 Å². The van der Waals surface area contributed by atoms with Gasteiger partial charge in [0.05, 0.1) is 34.6 Å². The first-order valence-electron chi connectivity index (χ1n) is 13.7. The van der Waals surface area contributed by atoms with Crippen LogP contribution in [-0.2, 0) is 6.54 Å². The van der Waals surface area contributed by atoms with E-state index in [4.69, 9.17) is 27.3 Å². The molecule has 3 aromatic carbocycles. The number of hydrogen-bond acceptors (Lipinski definition) is 5. The van der Waals surface area contributed by atoms with Crippen LogP contribution in [0.5, 0.6) is 0 Å². The molecule has 0 amide bonds. The Morgan fingerprint density at radius 1 is 1.03 bits per heavy atom. The largest absolute Gasteiger partial charge is 0.344 e. The van der Waals surface area contributed by atoms with Gasteiger partial charge in [-0.2, -0.15) is 0 Å². The molecule has 2 N–H and O–H groups in total. The summed E-state index contributed by atoms with van der Waals surface area (Å²) in [7, 11) is 0. The van der Waals surface area contributed by atoms with Crippen LogP contribution in [0.4, 0.5) is 0 Å². The van der Waals surface area contributed by atoms with E-state index in [1.807, 2.05) is 47.0 Å². The quantitative estimate of drug-likeness (QED) is 0.283. The Morgan fingerprint density at radius 2 is 1.77 bits per heavy atom. The highest BCUT2D eigenvalue weighted by atomic mass is 35.5. The number of hydrogen-bond donors (Lipinski definition) is 1. The summed E-state index contributed by atoms with van der Waals surface area (Å²) in [5, 5.41) is 0.875. The number of fused-ring (bicyclic) bond motifs is 1. The predicted molar refractivity (Wildman–Crippen MR) is 161 cm³/mol. The molecule has 2 heterocycles. The monoisotopic (exact) mass is 541 g/mol. The summed E-state index contributed by atoms with van der Waals surface area (Å²) < 4.78 is 1.81. The van der Waals surface area contributed by atoms with Gasteiger partial charge in [-0.25, -0.2) is 4.98 Å². The van der Waals surface area contributed by atoms with Crippen LogP contribution in [0.2, 0.25) is 5.02 Å². The molecule has 0 aliphatic carbocycles. The van der Waals surface area contributed by atoms with E-state index in [2.05, 4.69) is 49.9 Å². The molecular weight excluding hydrogens is 506 g/mol. The number of halogens is 1. The number of benzene rings is 3. The zero-order chi connectivity index (χ0) is 27.5. The lowest BCUT2D eigenvalue weighted by molar-refractivity contribution is 0.238. The fraction of sp³-hybridized carbons (Fsp3) is 0.344. The van der Waals surface area contributed by atoms with Gasteiger partial charge in [-0.3, -0.25) is 14.4 Å². The van der Waals surface area contributed by atoms with Crippen LogP contribution in [0.25, 0.3) is 10.9 Å². The first-order valence-corrected chi connectivity index (χ1v) is 14.1. The molecule has 39 heavy (non-hydrogen) atoms. The number of nitrogens with two attached hydrogens (primary N) is 1. The molecule has 202 valence electrons. The van der Waals surface area contributed by atoms with Gasteiger partial charge in [0, 0.05) is 12.1 Å². The molecule has 5 rings (SSSR count). The molecule has 1 aromatic heterocycles. The molecular formula is C32H36ClN5O. The van der Waals surface area contributed by atoms with E-state index >= 15 is 0 Å². The maximum absolute atomic E-state index is 14.1. The van der Waals surface area contributed by atoms with Crippen molar-refractivity contribution in [2.24, 2.45) is 16.6 Å². The number of amidine groups is 1. The third-order valence-corrected chi connectivity index (χ3v) is 7.73. The Morgan fingerprint density at radius 3 is 2.46 bits per heavy atom. The summed E-state index contributed by atoms with van der Waals surface area (Å²) >= 11 is 6.55. The smallest absolute Gasteiger partial charge is 0.263 e. The summed E-state index contributed by atoms with van der Waals surface area (Å²) in [6.07, 6.45) is 1.84. The second kappa shape index (κ2) is 11.7. The molecule has 0 saturated heterocycles. The topological polar surface area (TPSA) is 76.5 Å². The molecule has 1 unspecified atom stereocenters. The van der Waals surface area contributed by atoms with Crippen LogP contribution in [0.15, 0.2) is 82.6 Å². The number of aromatic nitrogens is 2. The second-order valence-corrected chi connectivity index (χ2v) is 11.1. The van der Waals surface area contributed by atoms with Crippen LogP contribution in [0.3, 0.4) is 0 Å². The zero-order valence-electron chi connectivity index (χ0n) is 22.8. The maximum Gasteiger partial charge on any atom is 0.263 e. The van der Waals surface area contributed by atoms with E-state index in [0.29, 0.717) is 29.0 Å². The molecule has 0 radical (unpaired) electrons. The van der Waals surface area contributed by atoms with Gasteiger partial charge in [-0.15, -0.1) is 0 Å². The van der Waals surface area contributed by atoms with Crippen molar-refractivity contribution in [3.8, 4) is 0 Å². The molecule has 4 aromatic rings. The van der Waals surface area contributed by atoms with Crippen molar-refractivity contribution >= 4 is 28.3 Å². The van der Waals surface area contributed by atoms with E-state index in [9.17, 15) is 4.79 Å². The Hall–Kier alpha value is -3.48. The van der Waals surface area contributed by atoms with E-state index < -0.39 is 0 Å². The first kappa shape index (κ1) is 27.1. The van der Waals surface area contributed by atoms with Crippen LogP contribution < -0.4 is 11.3 Å². The fourth-order valence-corrected chi connectivity index (χ4v) is 5.73. The van der Waals surface area contributed by atoms with Gasteiger partial charge in [0.1, 0.15) is 11.7 Å². The molecule has 0 spiro atoms. The average Bonchev–Trinajstić information content (AvgIpc) is 3.34. The van der Waals surface area contributed by atoms with Crippen LogP contribution in [0, 0.1) is 12.8 Å². The van der Waals surface area contributed by atoms with Crippen molar-refractivity contribution in [1.82, 2.24) is 14.5 Å². The van der Waals surface area contributed by atoms with E-state index in [1.54, 1.807) is 6.07 Å². The Labute approximate surface area is 235 Å². The van der Waals surface area contributed by atoms with Crippen molar-refractivity contribution in [2.45, 2.75) is 52.2 Å². The van der Waals surface area contributed by atoms with Crippen molar-refractivity contribution in [3.05, 3.63) is 111 Å². The molecule has 7 heteroatoms. The lowest BCUT2D eigenvalue weighted by atomic mass is 9.98. The lowest BCUT2D eigenvalue weighted by Gasteiger charge is -2.35. The molecule has 1 aliphatic heterocycles. The van der Waals surface area contributed by atoms with Gasteiger partial charge in [-0.1, -0.05) is 91.7 Å². The third-order valence-electron chi connectivity index (χ3n) is 7.41. The van der Waals surface area contributed by atoms with E-state index in [0.717, 1.165) is 42.2 Å². The maximum atomic E-state index is 14.1. The predicted octanol–water partition coefficient (Wildman–Crippen LogP) is 5.97. The molecule has 6 nitrogen and oxygen atoms in total. The number of nitrogens with zero attached hydrogens (tertiary/aromatic N) is 4.